The highest BCUT2D eigenvalue weighted by Gasteiger charge is 2.06. The van der Waals surface area contributed by atoms with Crippen LogP contribution in [0, 0.1) is 23.0 Å². The molecule has 0 spiro atoms. The minimum atomic E-state index is -0.564. The van der Waals surface area contributed by atoms with Gasteiger partial charge in [-0.25, -0.2) is 8.78 Å². The van der Waals surface area contributed by atoms with E-state index in [1.807, 2.05) is 11.8 Å². The molecule has 0 bridgehead atoms. The van der Waals surface area contributed by atoms with Gasteiger partial charge in [-0.05, 0) is 24.2 Å². The number of hydrogen-bond acceptors (Lipinski definition) is 2. The van der Waals surface area contributed by atoms with Crippen LogP contribution in [0.2, 0.25) is 0 Å². The molecular formula is C12H14F2N2. The maximum Gasteiger partial charge on any atom is 0.126 e. The van der Waals surface area contributed by atoms with Gasteiger partial charge in [0.15, 0.2) is 0 Å². The molecule has 0 aliphatic heterocycles. The van der Waals surface area contributed by atoms with Crippen LogP contribution in [-0.4, -0.2) is 18.0 Å². The Balaban J connectivity index is 2.66. The third-order valence-corrected chi connectivity index (χ3v) is 2.32. The van der Waals surface area contributed by atoms with Crippen LogP contribution in [-0.2, 0) is 6.54 Å². The van der Waals surface area contributed by atoms with Crippen LogP contribution in [0.4, 0.5) is 8.78 Å². The maximum atomic E-state index is 12.9. The Bertz CT molecular complexity index is 365. The predicted molar refractivity (Wildman–Crippen MR) is 57.5 cm³/mol. The first-order chi connectivity index (χ1) is 7.65. The maximum absolute atomic E-state index is 12.9. The number of nitrogens with zero attached hydrogens (tertiary/aromatic N) is 2. The first-order valence-electron chi connectivity index (χ1n) is 5.20. The van der Waals surface area contributed by atoms with Crippen molar-refractivity contribution >= 4 is 0 Å². The van der Waals surface area contributed by atoms with Crippen LogP contribution in [0.5, 0.6) is 0 Å². The Kier molecular flexibility index (Phi) is 4.87. The van der Waals surface area contributed by atoms with E-state index >= 15 is 0 Å². The second-order valence-electron chi connectivity index (χ2n) is 3.55. The molecule has 4 heteroatoms. The van der Waals surface area contributed by atoms with Gasteiger partial charge in [0.25, 0.3) is 0 Å². The molecule has 0 aliphatic rings. The zero-order valence-electron chi connectivity index (χ0n) is 9.21. The van der Waals surface area contributed by atoms with E-state index in [1.54, 1.807) is 0 Å². The summed E-state index contributed by atoms with van der Waals surface area (Å²) in [6, 6.07) is 5.54. The lowest BCUT2D eigenvalue weighted by Crippen LogP contribution is -2.23. The largest absolute Gasteiger partial charge is 0.298 e. The fraction of sp³-hybridized carbons (Fsp3) is 0.417. The highest BCUT2D eigenvalue weighted by atomic mass is 19.1. The first-order valence-corrected chi connectivity index (χ1v) is 5.20. The van der Waals surface area contributed by atoms with E-state index in [9.17, 15) is 8.78 Å². The summed E-state index contributed by atoms with van der Waals surface area (Å²) >= 11 is 0. The number of halogens is 2. The van der Waals surface area contributed by atoms with Crippen molar-refractivity contribution in [1.82, 2.24) is 4.90 Å². The van der Waals surface area contributed by atoms with Gasteiger partial charge >= 0.3 is 0 Å². The topological polar surface area (TPSA) is 27.0 Å². The zero-order chi connectivity index (χ0) is 12.0. The second kappa shape index (κ2) is 6.19. The SMILES string of the molecule is CCN(CCC#N)Cc1cc(F)cc(F)c1. The van der Waals surface area contributed by atoms with E-state index in [0.717, 1.165) is 12.6 Å². The van der Waals surface area contributed by atoms with Crippen LogP contribution < -0.4 is 0 Å². The van der Waals surface area contributed by atoms with Crippen LogP contribution in [0.15, 0.2) is 18.2 Å². The molecule has 0 heterocycles. The third kappa shape index (κ3) is 3.95. The number of rotatable bonds is 5. The third-order valence-electron chi connectivity index (χ3n) is 2.32. The fourth-order valence-corrected chi connectivity index (χ4v) is 1.52. The number of hydrogen-bond donors (Lipinski definition) is 0. The normalized spacial score (nSPS) is 10.4. The van der Waals surface area contributed by atoms with Crippen molar-refractivity contribution in [2.75, 3.05) is 13.1 Å². The van der Waals surface area contributed by atoms with E-state index in [0.29, 0.717) is 25.1 Å². The molecule has 0 atom stereocenters. The Hall–Kier alpha value is -1.47. The molecule has 0 saturated heterocycles. The standard InChI is InChI=1S/C12H14F2N2/c1-2-16(5-3-4-15)9-10-6-11(13)8-12(14)7-10/h6-8H,2-3,5,9H2,1H3. The van der Waals surface area contributed by atoms with Crippen molar-refractivity contribution in [3.8, 4) is 6.07 Å². The molecule has 0 N–H and O–H groups in total. The van der Waals surface area contributed by atoms with E-state index in [4.69, 9.17) is 5.26 Å². The molecule has 16 heavy (non-hydrogen) atoms. The van der Waals surface area contributed by atoms with Crippen molar-refractivity contribution < 1.29 is 8.78 Å². The van der Waals surface area contributed by atoms with Crippen LogP contribution >= 0.6 is 0 Å². The summed E-state index contributed by atoms with van der Waals surface area (Å²) in [5, 5.41) is 8.47. The monoisotopic (exact) mass is 224 g/mol. The lowest BCUT2D eigenvalue weighted by atomic mass is 10.2. The average molecular weight is 224 g/mol. The van der Waals surface area contributed by atoms with Gasteiger partial charge in [-0.15, -0.1) is 0 Å². The lowest BCUT2D eigenvalue weighted by molar-refractivity contribution is 0.286. The highest BCUT2D eigenvalue weighted by Crippen LogP contribution is 2.10. The van der Waals surface area contributed by atoms with Crippen molar-refractivity contribution in [2.45, 2.75) is 19.9 Å². The van der Waals surface area contributed by atoms with Gasteiger partial charge in [0.1, 0.15) is 11.6 Å². The van der Waals surface area contributed by atoms with Crippen LogP contribution in [0.3, 0.4) is 0 Å². The van der Waals surface area contributed by atoms with Gasteiger partial charge < -0.3 is 0 Å². The smallest absolute Gasteiger partial charge is 0.126 e. The summed E-state index contributed by atoms with van der Waals surface area (Å²) in [6.45, 7) is 3.78. The fourth-order valence-electron chi connectivity index (χ4n) is 1.52. The molecule has 0 aliphatic carbocycles. The van der Waals surface area contributed by atoms with Gasteiger partial charge in [-0.2, -0.15) is 5.26 Å². The summed E-state index contributed by atoms with van der Waals surface area (Å²) in [7, 11) is 0. The summed E-state index contributed by atoms with van der Waals surface area (Å²) in [5.41, 5.74) is 0.595. The minimum absolute atomic E-state index is 0.422. The molecule has 2 nitrogen and oxygen atoms in total. The molecule has 0 fully saturated rings. The molecule has 1 aromatic rings. The van der Waals surface area contributed by atoms with Crippen molar-refractivity contribution in [3.63, 3.8) is 0 Å². The van der Waals surface area contributed by atoms with Gasteiger partial charge in [0.2, 0.25) is 0 Å². The molecule has 86 valence electrons. The molecule has 1 rings (SSSR count). The Labute approximate surface area is 94.1 Å². The lowest BCUT2D eigenvalue weighted by Gasteiger charge is -2.18. The zero-order valence-corrected chi connectivity index (χ0v) is 9.21. The highest BCUT2D eigenvalue weighted by molar-refractivity contribution is 5.17. The second-order valence-corrected chi connectivity index (χ2v) is 3.55. The Morgan fingerprint density at radius 1 is 1.25 bits per heavy atom. The quantitative estimate of drug-likeness (QED) is 0.768. The Morgan fingerprint density at radius 2 is 1.88 bits per heavy atom. The van der Waals surface area contributed by atoms with E-state index in [1.165, 1.54) is 12.1 Å². The molecular weight excluding hydrogens is 210 g/mol. The molecule has 0 amide bonds. The molecule has 0 radical (unpaired) electrons. The van der Waals surface area contributed by atoms with E-state index in [2.05, 4.69) is 6.07 Å². The summed E-state index contributed by atoms with van der Waals surface area (Å²) in [6.07, 6.45) is 0.422. The van der Waals surface area contributed by atoms with E-state index in [-0.39, 0.29) is 0 Å². The van der Waals surface area contributed by atoms with Gasteiger partial charge in [-0.1, -0.05) is 6.92 Å². The van der Waals surface area contributed by atoms with Gasteiger partial charge in [0.05, 0.1) is 6.07 Å². The van der Waals surface area contributed by atoms with Crippen molar-refractivity contribution in [1.29, 1.82) is 5.26 Å². The molecule has 0 saturated carbocycles. The predicted octanol–water partition coefficient (Wildman–Crippen LogP) is 2.70. The number of nitriles is 1. The van der Waals surface area contributed by atoms with E-state index < -0.39 is 11.6 Å². The van der Waals surface area contributed by atoms with Crippen LogP contribution in [0.25, 0.3) is 0 Å². The summed E-state index contributed by atoms with van der Waals surface area (Å²) < 4.78 is 25.8. The first kappa shape index (κ1) is 12.6. The molecule has 1 aromatic carbocycles. The average Bonchev–Trinajstić information content (AvgIpc) is 2.22. The van der Waals surface area contributed by atoms with Crippen LogP contribution in [0.1, 0.15) is 18.9 Å². The minimum Gasteiger partial charge on any atom is -0.298 e. The van der Waals surface area contributed by atoms with Gasteiger partial charge in [0, 0.05) is 25.6 Å². The number of benzene rings is 1. The molecule has 0 unspecified atom stereocenters. The van der Waals surface area contributed by atoms with Gasteiger partial charge in [-0.3, -0.25) is 4.90 Å². The summed E-state index contributed by atoms with van der Waals surface area (Å²) in [5.74, 6) is -1.13. The van der Waals surface area contributed by atoms with Crippen molar-refractivity contribution in [2.24, 2.45) is 0 Å². The molecule has 0 aromatic heterocycles. The van der Waals surface area contributed by atoms with Crippen molar-refractivity contribution in [3.05, 3.63) is 35.4 Å². The summed E-state index contributed by atoms with van der Waals surface area (Å²) in [4.78, 5) is 1.97. The Morgan fingerprint density at radius 3 is 2.38 bits per heavy atom.